The number of aliphatic hydroxyl groups excluding tert-OH is 1. The minimum atomic E-state index is -0.671. The molecule has 19 nitrogen and oxygen atoms in total. The van der Waals surface area contributed by atoms with Crippen LogP contribution in [0.4, 0.5) is 17.3 Å². The van der Waals surface area contributed by atoms with Crippen molar-refractivity contribution in [2.45, 2.75) is 104 Å². The maximum Gasteiger partial charge on any atom is 0.330 e. The number of carbonyl (C=O) groups is 2. The predicted octanol–water partition coefficient (Wildman–Crippen LogP) is 5.37. The standard InChI is InChI=1S/C21H24N2O3.C15H14N4O.C10H13N5O4/c1-4-17-18(19(24)16-10-13(2)9-14(3)11-16)23(21(26)22-20(17)25)12-15-7-5-6-8-15;1-9-6-8-17-14-12(9)18-15(20)11-3-2-7-16-13(11)19(14)10-4-5-10;1-5-3-15(10(18)12-9(5)17)8-2-6(13-14-11)7(4-16)19-8/h5-6,9-11,15H,4,7-8,12H2,1-3H3,(H,22,25,26);2-3,6-8,10H,4-5H2,1H3,(H,18,20);3,6-8,16H,2,4H2,1H3,(H,12,17,18)/t;;6-,7+,8+/m..0/s1. The molecule has 2 fully saturated rings. The van der Waals surface area contributed by atoms with E-state index in [0.29, 0.717) is 47.1 Å². The van der Waals surface area contributed by atoms with Gasteiger partial charge in [-0.1, -0.05) is 41.4 Å². The number of carbonyl (C=O) groups excluding carboxylic acids is 2. The molecule has 6 heterocycles. The predicted molar refractivity (Wildman–Crippen MR) is 243 cm³/mol. The summed E-state index contributed by atoms with van der Waals surface area (Å²) < 4.78 is 8.16. The van der Waals surface area contributed by atoms with Gasteiger partial charge in [-0.15, -0.1) is 0 Å². The van der Waals surface area contributed by atoms with Crippen LogP contribution in [0.25, 0.3) is 10.4 Å². The molecule has 338 valence electrons. The first-order valence-corrected chi connectivity index (χ1v) is 21.5. The summed E-state index contributed by atoms with van der Waals surface area (Å²) in [6.45, 7) is 9.36. The van der Waals surface area contributed by atoms with E-state index in [4.69, 9.17) is 15.4 Å². The first-order valence-electron chi connectivity index (χ1n) is 21.5. The molecule has 0 spiro atoms. The highest BCUT2D eigenvalue weighted by Crippen LogP contribution is 2.43. The van der Waals surface area contributed by atoms with Crippen molar-refractivity contribution < 1.29 is 19.4 Å². The molecule has 4 N–H and O–H groups in total. The number of azide groups is 1. The summed E-state index contributed by atoms with van der Waals surface area (Å²) in [5, 5.41) is 15.6. The molecule has 65 heavy (non-hydrogen) atoms. The number of rotatable bonds is 9. The van der Waals surface area contributed by atoms with Crippen molar-refractivity contribution in [3.05, 3.63) is 164 Å². The van der Waals surface area contributed by atoms with Crippen molar-refractivity contribution in [3.8, 4) is 0 Å². The number of pyridine rings is 2. The van der Waals surface area contributed by atoms with Crippen LogP contribution in [0.2, 0.25) is 0 Å². The lowest BCUT2D eigenvalue weighted by molar-refractivity contribution is -0.0271. The number of aromatic nitrogens is 6. The summed E-state index contributed by atoms with van der Waals surface area (Å²) in [4.78, 5) is 91.8. The maximum atomic E-state index is 13.3. The van der Waals surface area contributed by atoms with Gasteiger partial charge in [-0.25, -0.2) is 19.6 Å². The Morgan fingerprint density at radius 3 is 2.28 bits per heavy atom. The summed E-state index contributed by atoms with van der Waals surface area (Å²) in [5.74, 6) is 1.41. The average molecular weight is 886 g/mol. The van der Waals surface area contributed by atoms with Gasteiger partial charge in [0.2, 0.25) is 5.78 Å². The quantitative estimate of drug-likeness (QED) is 0.0481. The SMILES string of the molecule is CCc1c(C(=O)c2cc(C)cc(C)c2)n(CC2CC=CC2)c(=O)[nH]c1=O.Cc1ccnc2c1NC(=O)c1cccnc1N2C1CC1.Cc1cn([C@H]2C[C@H](N=[N+]=[N-])[C@@H](CO)O2)c(=O)[nH]c1=O. The average Bonchev–Trinajstić information content (AvgIpc) is 3.85. The molecule has 0 unspecified atom stereocenters. The number of benzene rings is 1. The minimum Gasteiger partial charge on any atom is -0.394 e. The maximum absolute atomic E-state index is 13.3. The van der Waals surface area contributed by atoms with E-state index in [0.717, 1.165) is 53.9 Å². The van der Waals surface area contributed by atoms with Crippen molar-refractivity contribution in [1.82, 2.24) is 29.1 Å². The number of hydrogen-bond acceptors (Lipinski definition) is 12. The van der Waals surface area contributed by atoms with Gasteiger partial charge in [-0.3, -0.25) is 38.3 Å². The number of allylic oxidation sites excluding steroid dienone is 2. The molecule has 1 saturated carbocycles. The van der Waals surface area contributed by atoms with E-state index in [9.17, 15) is 28.8 Å². The van der Waals surface area contributed by atoms with Gasteiger partial charge in [0, 0.05) is 59.2 Å². The van der Waals surface area contributed by atoms with Gasteiger partial charge in [0.25, 0.3) is 17.0 Å². The smallest absolute Gasteiger partial charge is 0.330 e. The summed E-state index contributed by atoms with van der Waals surface area (Å²) in [7, 11) is 0. The number of H-pyrrole nitrogens is 2. The highest BCUT2D eigenvalue weighted by molar-refractivity contribution is 6.12. The lowest BCUT2D eigenvalue weighted by Gasteiger charge is -2.23. The van der Waals surface area contributed by atoms with Gasteiger partial charge in [0.05, 0.1) is 30.0 Å². The summed E-state index contributed by atoms with van der Waals surface area (Å²) in [5.41, 5.74) is 12.3. The molecule has 1 saturated heterocycles. The van der Waals surface area contributed by atoms with E-state index < -0.39 is 40.9 Å². The number of amides is 1. The number of nitrogens with one attached hydrogen (secondary N) is 3. The van der Waals surface area contributed by atoms with Crippen LogP contribution in [0.15, 0.2) is 91.4 Å². The molecular weight excluding hydrogens is 835 g/mol. The lowest BCUT2D eigenvalue weighted by Crippen LogP contribution is -2.38. The van der Waals surface area contributed by atoms with Gasteiger partial charge in [-0.2, -0.15) is 0 Å². The lowest BCUT2D eigenvalue weighted by atomic mass is 9.98. The van der Waals surface area contributed by atoms with Crippen molar-refractivity contribution in [2.24, 2.45) is 11.0 Å². The second-order valence-electron chi connectivity index (χ2n) is 16.6. The van der Waals surface area contributed by atoms with Gasteiger partial charge in [0.15, 0.2) is 5.82 Å². The Morgan fingerprint density at radius 1 is 0.923 bits per heavy atom. The Bertz CT molecular complexity index is 2930. The second kappa shape index (κ2) is 19.7. The van der Waals surface area contributed by atoms with E-state index in [1.54, 1.807) is 25.4 Å². The van der Waals surface area contributed by atoms with Crippen LogP contribution in [0.3, 0.4) is 0 Å². The van der Waals surface area contributed by atoms with Crippen LogP contribution >= 0.6 is 0 Å². The number of aryl methyl sites for hydroxylation is 4. The number of nitrogens with zero attached hydrogens (tertiary/aromatic N) is 8. The molecule has 3 atom stereocenters. The summed E-state index contributed by atoms with van der Waals surface area (Å²) in [6, 6.07) is 11.0. The minimum absolute atomic E-state index is 0.117. The molecule has 1 aromatic carbocycles. The van der Waals surface area contributed by atoms with E-state index in [1.165, 1.54) is 15.3 Å². The molecule has 1 amide bonds. The fourth-order valence-electron chi connectivity index (χ4n) is 8.34. The molecule has 2 aliphatic carbocycles. The Morgan fingerprint density at radius 2 is 1.62 bits per heavy atom. The zero-order valence-corrected chi connectivity index (χ0v) is 36.8. The third-order valence-electron chi connectivity index (χ3n) is 11.7. The fourth-order valence-corrected chi connectivity index (χ4v) is 8.34. The number of fused-ring (bicyclic) bond motifs is 2. The Labute approximate surface area is 372 Å². The third-order valence-corrected chi connectivity index (χ3v) is 11.7. The van der Waals surface area contributed by atoms with E-state index in [-0.39, 0.29) is 36.3 Å². The van der Waals surface area contributed by atoms with Crippen molar-refractivity contribution in [1.29, 1.82) is 0 Å². The van der Waals surface area contributed by atoms with Crippen LogP contribution in [-0.4, -0.2) is 70.7 Å². The molecule has 0 radical (unpaired) electrons. The molecule has 9 rings (SSSR count). The molecule has 2 aliphatic heterocycles. The third kappa shape index (κ3) is 9.97. The van der Waals surface area contributed by atoms with Gasteiger partial charge < -0.3 is 20.1 Å². The number of aromatic amines is 2. The van der Waals surface area contributed by atoms with E-state index >= 15 is 0 Å². The van der Waals surface area contributed by atoms with Crippen LogP contribution in [0, 0.1) is 33.6 Å². The normalized spacial score (nSPS) is 18.5. The Balaban J connectivity index is 0.000000148. The van der Waals surface area contributed by atoms with E-state index in [1.807, 2.05) is 58.0 Å². The summed E-state index contributed by atoms with van der Waals surface area (Å²) in [6.07, 6.45) is 12.4. The fraction of sp³-hybridized carbons (Fsp3) is 0.391. The highest BCUT2D eigenvalue weighted by Gasteiger charge is 2.38. The summed E-state index contributed by atoms with van der Waals surface area (Å²) >= 11 is 0. The van der Waals surface area contributed by atoms with Gasteiger partial charge >= 0.3 is 11.4 Å². The molecule has 19 heteroatoms. The number of hydrogen-bond donors (Lipinski definition) is 4. The second-order valence-corrected chi connectivity index (χ2v) is 16.6. The topological polar surface area (TPSA) is 263 Å². The first-order chi connectivity index (χ1) is 31.2. The number of aliphatic hydroxyl groups is 1. The van der Waals surface area contributed by atoms with Gasteiger partial charge in [0.1, 0.15) is 17.7 Å². The molecule has 4 aromatic heterocycles. The number of ether oxygens (including phenoxy) is 1. The van der Waals surface area contributed by atoms with Crippen LogP contribution in [0.5, 0.6) is 0 Å². The molecular formula is C46H51N11O8. The van der Waals surface area contributed by atoms with Crippen LogP contribution in [-0.2, 0) is 17.7 Å². The first kappa shape index (κ1) is 45.8. The monoisotopic (exact) mass is 885 g/mol. The number of anilines is 3. The zero-order valence-electron chi connectivity index (χ0n) is 36.8. The largest absolute Gasteiger partial charge is 0.394 e. The van der Waals surface area contributed by atoms with E-state index in [2.05, 4.69) is 52.3 Å². The highest BCUT2D eigenvalue weighted by atomic mass is 16.5. The van der Waals surface area contributed by atoms with Gasteiger partial charge in [-0.05, 0) is 107 Å². The van der Waals surface area contributed by atoms with Crippen molar-refractivity contribution in [3.63, 3.8) is 0 Å². The Hall–Kier alpha value is -7.21. The van der Waals surface area contributed by atoms with Crippen molar-refractivity contribution >= 4 is 29.0 Å². The molecule has 5 aromatic rings. The Kier molecular flexibility index (Phi) is 13.9. The number of ketones is 1. The molecule has 0 bridgehead atoms. The van der Waals surface area contributed by atoms with Crippen molar-refractivity contribution in [2.75, 3.05) is 16.8 Å². The molecule has 4 aliphatic rings. The zero-order chi connectivity index (χ0) is 46.5. The van der Waals surface area contributed by atoms with Crippen LogP contribution in [0.1, 0.15) is 99.5 Å². The van der Waals surface area contributed by atoms with Crippen LogP contribution < -0.4 is 32.7 Å².